The first-order valence-corrected chi connectivity index (χ1v) is 6.37. The molecule has 1 amide bonds. The van der Waals surface area contributed by atoms with Crippen LogP contribution in [0.4, 0.5) is 5.69 Å². The van der Waals surface area contributed by atoms with Gasteiger partial charge in [-0.05, 0) is 30.5 Å². The lowest BCUT2D eigenvalue weighted by atomic mass is 10.1. The molecule has 0 saturated heterocycles. The molecule has 1 aliphatic rings. The summed E-state index contributed by atoms with van der Waals surface area (Å²) in [6.45, 7) is 6.57. The van der Waals surface area contributed by atoms with Crippen LogP contribution in [0.15, 0.2) is 16.6 Å². The van der Waals surface area contributed by atoms with Gasteiger partial charge < -0.3 is 4.90 Å². The van der Waals surface area contributed by atoms with Crippen molar-refractivity contribution in [3.05, 3.63) is 27.7 Å². The zero-order valence-electron chi connectivity index (χ0n) is 10.1. The quantitative estimate of drug-likeness (QED) is 0.787. The third-order valence-electron chi connectivity index (χ3n) is 2.77. The minimum atomic E-state index is -0.408. The number of carbonyl (C=O) groups excluding carboxylic acids is 2. The van der Waals surface area contributed by atoms with Crippen LogP contribution >= 0.6 is 15.9 Å². The monoisotopic (exact) mass is 295 g/mol. The smallest absolute Gasteiger partial charge is 0.299 e. The van der Waals surface area contributed by atoms with E-state index in [1.165, 1.54) is 0 Å². The molecule has 1 aliphatic heterocycles. The molecule has 17 heavy (non-hydrogen) atoms. The summed E-state index contributed by atoms with van der Waals surface area (Å²) in [4.78, 5) is 25.4. The Bertz CT molecular complexity index is 508. The third-order valence-corrected chi connectivity index (χ3v) is 3.22. The van der Waals surface area contributed by atoms with E-state index in [-0.39, 0.29) is 0 Å². The summed E-state index contributed by atoms with van der Waals surface area (Å²) in [6, 6.07) is 3.65. The maximum atomic E-state index is 11.9. The Hall–Kier alpha value is -1.16. The Morgan fingerprint density at radius 1 is 1.29 bits per heavy atom. The summed E-state index contributed by atoms with van der Waals surface area (Å²) in [7, 11) is 0. The van der Waals surface area contributed by atoms with Gasteiger partial charge in [-0.1, -0.05) is 29.8 Å². The molecule has 0 N–H and O–H groups in total. The van der Waals surface area contributed by atoms with Crippen molar-refractivity contribution in [1.82, 2.24) is 0 Å². The van der Waals surface area contributed by atoms with E-state index in [4.69, 9.17) is 0 Å². The highest BCUT2D eigenvalue weighted by Crippen LogP contribution is 2.35. The van der Waals surface area contributed by atoms with Gasteiger partial charge in [-0.2, -0.15) is 0 Å². The standard InChI is InChI=1S/C13H14BrNO2/c1-7(2)6-15-11-8(3)4-9(14)5-10(11)12(16)13(15)17/h4-5,7H,6H2,1-3H3. The van der Waals surface area contributed by atoms with Crippen molar-refractivity contribution < 1.29 is 9.59 Å². The molecule has 0 atom stereocenters. The molecular weight excluding hydrogens is 282 g/mol. The lowest BCUT2D eigenvalue weighted by Gasteiger charge is -2.20. The number of hydrogen-bond donors (Lipinski definition) is 0. The molecule has 0 radical (unpaired) electrons. The summed E-state index contributed by atoms with van der Waals surface area (Å²) in [6.07, 6.45) is 0. The van der Waals surface area contributed by atoms with Crippen LogP contribution in [0.5, 0.6) is 0 Å². The van der Waals surface area contributed by atoms with Crippen molar-refractivity contribution >= 4 is 33.3 Å². The summed E-state index contributed by atoms with van der Waals surface area (Å²) in [5.41, 5.74) is 2.24. The maximum absolute atomic E-state index is 11.9. The van der Waals surface area contributed by atoms with Crippen molar-refractivity contribution in [3.8, 4) is 0 Å². The highest BCUT2D eigenvalue weighted by atomic mass is 79.9. The molecule has 4 heteroatoms. The number of ketones is 1. The molecule has 0 aromatic heterocycles. The number of anilines is 1. The molecule has 2 rings (SSSR count). The normalized spacial score (nSPS) is 14.8. The van der Waals surface area contributed by atoms with Gasteiger partial charge in [0.15, 0.2) is 0 Å². The molecule has 0 saturated carbocycles. The molecule has 1 aromatic carbocycles. The average molecular weight is 296 g/mol. The van der Waals surface area contributed by atoms with E-state index in [0.29, 0.717) is 18.0 Å². The molecule has 1 heterocycles. The average Bonchev–Trinajstić information content (AvgIpc) is 2.43. The molecule has 1 aromatic rings. The topological polar surface area (TPSA) is 37.4 Å². The summed E-state index contributed by atoms with van der Waals surface area (Å²) in [5, 5.41) is 0. The fraction of sp³-hybridized carbons (Fsp3) is 0.385. The first kappa shape index (κ1) is 12.3. The Labute approximate surface area is 109 Å². The first-order valence-electron chi connectivity index (χ1n) is 5.58. The van der Waals surface area contributed by atoms with E-state index >= 15 is 0 Å². The van der Waals surface area contributed by atoms with Crippen LogP contribution in [-0.4, -0.2) is 18.2 Å². The largest absolute Gasteiger partial charge is 0.304 e. The van der Waals surface area contributed by atoms with E-state index in [1.54, 1.807) is 11.0 Å². The van der Waals surface area contributed by atoms with Crippen molar-refractivity contribution in [2.75, 3.05) is 11.4 Å². The number of Topliss-reactive ketones (excluding diaryl/α,β-unsaturated/α-hetero) is 1. The van der Waals surface area contributed by atoms with Crippen molar-refractivity contribution in [2.45, 2.75) is 20.8 Å². The SMILES string of the molecule is Cc1cc(Br)cc2c1N(CC(C)C)C(=O)C2=O. The number of aryl methyl sites for hydroxylation is 1. The number of halogens is 1. The Kier molecular flexibility index (Phi) is 3.08. The molecule has 3 nitrogen and oxygen atoms in total. The van der Waals surface area contributed by atoms with Crippen molar-refractivity contribution in [2.24, 2.45) is 5.92 Å². The van der Waals surface area contributed by atoms with Gasteiger partial charge in [-0.25, -0.2) is 0 Å². The minimum absolute atomic E-state index is 0.334. The van der Waals surface area contributed by atoms with E-state index in [0.717, 1.165) is 15.7 Å². The third kappa shape index (κ3) is 2.02. The van der Waals surface area contributed by atoms with Crippen LogP contribution in [0, 0.1) is 12.8 Å². The Balaban J connectivity index is 2.56. The number of carbonyl (C=O) groups is 2. The second-order valence-corrected chi connectivity index (χ2v) is 5.67. The van der Waals surface area contributed by atoms with Gasteiger partial charge >= 0.3 is 0 Å². The molecule has 0 bridgehead atoms. The maximum Gasteiger partial charge on any atom is 0.299 e. The Morgan fingerprint density at radius 3 is 2.53 bits per heavy atom. The fourth-order valence-electron chi connectivity index (χ4n) is 2.15. The van der Waals surface area contributed by atoms with Gasteiger partial charge in [-0.3, -0.25) is 9.59 Å². The summed E-state index contributed by atoms with van der Waals surface area (Å²) < 4.78 is 0.835. The number of fused-ring (bicyclic) bond motifs is 1. The van der Waals surface area contributed by atoms with E-state index in [2.05, 4.69) is 15.9 Å². The van der Waals surface area contributed by atoms with Crippen LogP contribution in [-0.2, 0) is 4.79 Å². The molecule has 0 aliphatic carbocycles. The van der Waals surface area contributed by atoms with Crippen LogP contribution in [0.2, 0.25) is 0 Å². The van der Waals surface area contributed by atoms with Gasteiger partial charge in [0.25, 0.3) is 11.7 Å². The zero-order chi connectivity index (χ0) is 12.7. The number of hydrogen-bond acceptors (Lipinski definition) is 2. The number of benzene rings is 1. The lowest BCUT2D eigenvalue weighted by molar-refractivity contribution is -0.114. The predicted octanol–water partition coefficient (Wildman–Crippen LogP) is 2.94. The summed E-state index contributed by atoms with van der Waals surface area (Å²) in [5.74, 6) is -0.472. The van der Waals surface area contributed by atoms with E-state index in [9.17, 15) is 9.59 Å². The second-order valence-electron chi connectivity index (χ2n) is 4.76. The van der Waals surface area contributed by atoms with Crippen LogP contribution in [0.25, 0.3) is 0 Å². The highest BCUT2D eigenvalue weighted by Gasteiger charge is 2.37. The van der Waals surface area contributed by atoms with Gasteiger partial charge in [0.05, 0.1) is 11.3 Å². The molecule has 90 valence electrons. The van der Waals surface area contributed by atoms with Gasteiger partial charge in [0, 0.05) is 11.0 Å². The highest BCUT2D eigenvalue weighted by molar-refractivity contribution is 9.10. The Morgan fingerprint density at radius 2 is 1.94 bits per heavy atom. The van der Waals surface area contributed by atoms with E-state index in [1.807, 2.05) is 26.8 Å². The predicted molar refractivity (Wildman–Crippen MR) is 70.4 cm³/mol. The van der Waals surface area contributed by atoms with Gasteiger partial charge in [0.2, 0.25) is 0 Å². The summed E-state index contributed by atoms with van der Waals surface area (Å²) >= 11 is 3.35. The van der Waals surface area contributed by atoms with Gasteiger partial charge in [0.1, 0.15) is 0 Å². The van der Waals surface area contributed by atoms with Crippen LogP contribution < -0.4 is 4.90 Å². The van der Waals surface area contributed by atoms with Crippen LogP contribution in [0.1, 0.15) is 29.8 Å². The van der Waals surface area contributed by atoms with Crippen LogP contribution in [0.3, 0.4) is 0 Å². The van der Waals surface area contributed by atoms with Crippen molar-refractivity contribution in [1.29, 1.82) is 0 Å². The minimum Gasteiger partial charge on any atom is -0.304 e. The molecule has 0 spiro atoms. The van der Waals surface area contributed by atoms with E-state index < -0.39 is 11.7 Å². The fourth-order valence-corrected chi connectivity index (χ4v) is 2.72. The zero-order valence-corrected chi connectivity index (χ0v) is 11.7. The van der Waals surface area contributed by atoms with Gasteiger partial charge in [-0.15, -0.1) is 0 Å². The van der Waals surface area contributed by atoms with Crippen molar-refractivity contribution in [3.63, 3.8) is 0 Å². The lowest BCUT2D eigenvalue weighted by Crippen LogP contribution is -2.33. The molecule has 0 fully saturated rings. The second kappa shape index (κ2) is 4.26. The number of rotatable bonds is 2. The molecule has 0 unspecified atom stereocenters. The number of nitrogens with zero attached hydrogens (tertiary/aromatic N) is 1. The molecular formula is C13H14BrNO2. The first-order chi connectivity index (χ1) is 7.91. The number of amides is 1.